The average molecular weight is 304 g/mol. The molecule has 5 atom stereocenters. The van der Waals surface area contributed by atoms with Crippen LogP contribution in [0.4, 0.5) is 0 Å². The van der Waals surface area contributed by atoms with E-state index in [2.05, 4.69) is 26.8 Å². The van der Waals surface area contributed by atoms with Crippen molar-refractivity contribution in [1.29, 1.82) is 0 Å². The van der Waals surface area contributed by atoms with Crippen LogP contribution in [0.1, 0.15) is 79.1 Å². The minimum absolute atomic E-state index is 0.199. The Labute approximate surface area is 135 Å². The smallest absolute Gasteiger partial charge is 0.309 e. The molecule has 3 rings (SSSR count). The minimum Gasteiger partial charge on any atom is -0.481 e. The molecule has 0 aromatic carbocycles. The molecule has 1 N–H and O–H groups in total. The van der Waals surface area contributed by atoms with E-state index in [-0.39, 0.29) is 5.41 Å². The lowest BCUT2D eigenvalue weighted by Crippen LogP contribution is -2.53. The molecule has 2 nitrogen and oxygen atoms in total. The van der Waals surface area contributed by atoms with Gasteiger partial charge in [0.25, 0.3) is 0 Å². The molecule has 3 aliphatic rings. The fourth-order valence-corrected chi connectivity index (χ4v) is 6.04. The van der Waals surface area contributed by atoms with Gasteiger partial charge in [0.1, 0.15) is 0 Å². The maximum absolute atomic E-state index is 12.0. The SMILES string of the molecule is CC[C@@]1(C)CC[C@H]2C(=CCC3[C@]2(C)CCC[C@]3(C)C(=O)O)C1. The molecular weight excluding hydrogens is 272 g/mol. The van der Waals surface area contributed by atoms with Gasteiger partial charge in [0.2, 0.25) is 0 Å². The lowest BCUT2D eigenvalue weighted by atomic mass is 9.45. The first-order chi connectivity index (χ1) is 10.3. The van der Waals surface area contributed by atoms with Gasteiger partial charge in [-0.15, -0.1) is 0 Å². The van der Waals surface area contributed by atoms with Gasteiger partial charge in [0.15, 0.2) is 0 Å². The van der Waals surface area contributed by atoms with Gasteiger partial charge < -0.3 is 5.11 Å². The summed E-state index contributed by atoms with van der Waals surface area (Å²) in [6.07, 6.45) is 11.6. The molecule has 0 aromatic rings. The summed E-state index contributed by atoms with van der Waals surface area (Å²) in [5.41, 5.74) is 1.80. The fourth-order valence-electron chi connectivity index (χ4n) is 6.04. The van der Waals surface area contributed by atoms with E-state index in [1.807, 2.05) is 6.92 Å². The Morgan fingerprint density at radius 3 is 2.64 bits per heavy atom. The molecule has 0 heterocycles. The van der Waals surface area contributed by atoms with Crippen molar-refractivity contribution in [3.63, 3.8) is 0 Å². The van der Waals surface area contributed by atoms with Crippen LogP contribution in [0, 0.1) is 28.1 Å². The highest BCUT2D eigenvalue weighted by Gasteiger charge is 2.58. The molecule has 2 heteroatoms. The van der Waals surface area contributed by atoms with Crippen molar-refractivity contribution in [2.75, 3.05) is 0 Å². The van der Waals surface area contributed by atoms with Crippen LogP contribution in [0.5, 0.6) is 0 Å². The molecule has 2 saturated carbocycles. The van der Waals surface area contributed by atoms with Crippen LogP contribution in [-0.2, 0) is 4.79 Å². The molecular formula is C20H32O2. The first-order valence-electron chi connectivity index (χ1n) is 9.17. The number of hydrogen-bond donors (Lipinski definition) is 1. The van der Waals surface area contributed by atoms with Crippen LogP contribution < -0.4 is 0 Å². The second kappa shape index (κ2) is 5.11. The lowest BCUT2D eigenvalue weighted by molar-refractivity contribution is -0.163. The van der Waals surface area contributed by atoms with Crippen molar-refractivity contribution in [3.05, 3.63) is 11.6 Å². The van der Waals surface area contributed by atoms with Crippen molar-refractivity contribution < 1.29 is 9.90 Å². The maximum Gasteiger partial charge on any atom is 0.309 e. The van der Waals surface area contributed by atoms with Gasteiger partial charge in [0.05, 0.1) is 5.41 Å². The molecule has 0 bridgehead atoms. The molecule has 0 spiro atoms. The summed E-state index contributed by atoms with van der Waals surface area (Å²) < 4.78 is 0. The Bertz CT molecular complexity index is 508. The number of carbonyl (C=O) groups is 1. The Morgan fingerprint density at radius 1 is 1.27 bits per heavy atom. The number of aliphatic carboxylic acids is 1. The van der Waals surface area contributed by atoms with Crippen LogP contribution in [0.3, 0.4) is 0 Å². The standard InChI is InChI=1S/C20H32O2/c1-5-18(2)12-9-15-14(13-18)7-8-16-19(15,3)10-6-11-20(16,4)17(21)22/h7,15-16H,5-6,8-13H2,1-4H3,(H,21,22)/t15-,16?,18-,19+,20-/m0/s1. The van der Waals surface area contributed by atoms with E-state index in [0.29, 0.717) is 17.3 Å². The van der Waals surface area contributed by atoms with Gasteiger partial charge in [-0.1, -0.05) is 45.3 Å². The highest BCUT2D eigenvalue weighted by atomic mass is 16.4. The molecule has 2 fully saturated rings. The van der Waals surface area contributed by atoms with E-state index >= 15 is 0 Å². The molecule has 0 aromatic heterocycles. The van der Waals surface area contributed by atoms with Crippen LogP contribution in [-0.4, -0.2) is 11.1 Å². The van der Waals surface area contributed by atoms with Gasteiger partial charge in [-0.2, -0.15) is 0 Å². The second-order valence-corrected chi connectivity index (χ2v) is 9.08. The minimum atomic E-state index is -0.575. The molecule has 22 heavy (non-hydrogen) atoms. The van der Waals surface area contributed by atoms with Gasteiger partial charge in [-0.05, 0) is 68.1 Å². The van der Waals surface area contributed by atoms with Gasteiger partial charge in [-0.3, -0.25) is 4.79 Å². The third-order valence-corrected chi connectivity index (χ3v) is 7.85. The molecule has 0 radical (unpaired) electrons. The zero-order valence-electron chi connectivity index (χ0n) is 14.7. The largest absolute Gasteiger partial charge is 0.481 e. The van der Waals surface area contributed by atoms with E-state index in [4.69, 9.17) is 0 Å². The van der Waals surface area contributed by atoms with Gasteiger partial charge in [0, 0.05) is 0 Å². The Morgan fingerprint density at radius 2 is 2.00 bits per heavy atom. The van der Waals surface area contributed by atoms with Crippen molar-refractivity contribution in [1.82, 2.24) is 0 Å². The Balaban J connectivity index is 1.96. The van der Waals surface area contributed by atoms with Gasteiger partial charge in [-0.25, -0.2) is 0 Å². The van der Waals surface area contributed by atoms with Crippen molar-refractivity contribution in [2.45, 2.75) is 79.1 Å². The molecule has 0 saturated heterocycles. The highest BCUT2D eigenvalue weighted by molar-refractivity contribution is 5.75. The van der Waals surface area contributed by atoms with E-state index < -0.39 is 11.4 Å². The first-order valence-corrected chi connectivity index (χ1v) is 9.17. The highest BCUT2D eigenvalue weighted by Crippen LogP contribution is 2.63. The van der Waals surface area contributed by atoms with E-state index in [0.717, 1.165) is 19.3 Å². The molecule has 1 unspecified atom stereocenters. The zero-order valence-corrected chi connectivity index (χ0v) is 14.7. The molecule has 0 aliphatic heterocycles. The van der Waals surface area contributed by atoms with Crippen LogP contribution >= 0.6 is 0 Å². The third-order valence-electron chi connectivity index (χ3n) is 7.85. The quantitative estimate of drug-likeness (QED) is 0.691. The summed E-state index contributed by atoms with van der Waals surface area (Å²) in [4.78, 5) is 12.0. The Kier molecular flexibility index (Phi) is 3.73. The second-order valence-electron chi connectivity index (χ2n) is 9.08. The first kappa shape index (κ1) is 16.1. The molecule has 124 valence electrons. The predicted octanol–water partition coefficient (Wildman–Crippen LogP) is 5.43. The number of carboxylic acids is 1. The summed E-state index contributed by atoms with van der Waals surface area (Å²) in [7, 11) is 0. The van der Waals surface area contributed by atoms with Crippen LogP contribution in [0.15, 0.2) is 11.6 Å². The molecule has 3 aliphatic carbocycles. The summed E-state index contributed by atoms with van der Waals surface area (Å²) >= 11 is 0. The van der Waals surface area contributed by atoms with E-state index in [1.165, 1.54) is 32.1 Å². The van der Waals surface area contributed by atoms with E-state index in [9.17, 15) is 9.90 Å². The zero-order chi connectivity index (χ0) is 16.2. The lowest BCUT2D eigenvalue weighted by Gasteiger charge is -2.58. The summed E-state index contributed by atoms with van der Waals surface area (Å²) in [5, 5.41) is 9.85. The van der Waals surface area contributed by atoms with Crippen LogP contribution in [0.2, 0.25) is 0 Å². The summed E-state index contributed by atoms with van der Waals surface area (Å²) in [5.74, 6) is 0.366. The number of allylic oxidation sites excluding steroid dienone is 2. The van der Waals surface area contributed by atoms with Crippen LogP contribution in [0.25, 0.3) is 0 Å². The summed E-state index contributed by atoms with van der Waals surface area (Å²) in [6, 6.07) is 0. The third kappa shape index (κ3) is 2.17. The fraction of sp³-hybridized carbons (Fsp3) is 0.850. The summed E-state index contributed by atoms with van der Waals surface area (Å²) in [6.45, 7) is 9.16. The average Bonchev–Trinajstić information content (AvgIpc) is 2.46. The monoisotopic (exact) mass is 304 g/mol. The number of rotatable bonds is 2. The number of hydrogen-bond acceptors (Lipinski definition) is 1. The number of carboxylic acid groups (broad SMARTS) is 1. The number of fused-ring (bicyclic) bond motifs is 3. The van der Waals surface area contributed by atoms with Crippen molar-refractivity contribution in [2.24, 2.45) is 28.1 Å². The van der Waals surface area contributed by atoms with Gasteiger partial charge >= 0.3 is 5.97 Å². The predicted molar refractivity (Wildman–Crippen MR) is 89.6 cm³/mol. The topological polar surface area (TPSA) is 37.3 Å². The Hall–Kier alpha value is -0.790. The van der Waals surface area contributed by atoms with Crippen molar-refractivity contribution in [3.8, 4) is 0 Å². The van der Waals surface area contributed by atoms with Crippen molar-refractivity contribution >= 4 is 5.97 Å². The maximum atomic E-state index is 12.0. The molecule has 0 amide bonds. The normalized spacial score (nSPS) is 48.1. The van der Waals surface area contributed by atoms with E-state index in [1.54, 1.807) is 5.57 Å².